The second-order valence-electron chi connectivity index (χ2n) is 7.26. The number of methoxy groups -OCH3 is 1. The Morgan fingerprint density at radius 1 is 1.17 bits per heavy atom. The molecular formula is C24H24N2O4. The summed E-state index contributed by atoms with van der Waals surface area (Å²) in [6.07, 6.45) is 1.22. The van der Waals surface area contributed by atoms with E-state index >= 15 is 0 Å². The number of carbonyl (C=O) groups excluding carboxylic acids is 1. The van der Waals surface area contributed by atoms with Crippen LogP contribution in [0.3, 0.4) is 0 Å². The number of amides is 1. The summed E-state index contributed by atoms with van der Waals surface area (Å²) >= 11 is 0. The monoisotopic (exact) mass is 404 g/mol. The van der Waals surface area contributed by atoms with Crippen LogP contribution in [0.15, 0.2) is 77.4 Å². The zero-order valence-corrected chi connectivity index (χ0v) is 17.1. The molecule has 1 amide bonds. The number of ether oxygens (including phenoxy) is 2. The molecule has 0 saturated carbocycles. The number of nitrogens with zero attached hydrogens (tertiary/aromatic N) is 1. The number of para-hydroxylation sites is 1. The van der Waals surface area contributed by atoms with Gasteiger partial charge in [0.1, 0.15) is 18.5 Å². The molecule has 3 aromatic rings. The van der Waals surface area contributed by atoms with Gasteiger partial charge in [0.2, 0.25) is 0 Å². The van der Waals surface area contributed by atoms with Gasteiger partial charge in [-0.15, -0.1) is 0 Å². The molecule has 1 atom stereocenters. The Hall–Kier alpha value is -3.67. The van der Waals surface area contributed by atoms with E-state index in [1.54, 1.807) is 18.3 Å². The molecule has 154 valence electrons. The predicted molar refractivity (Wildman–Crippen MR) is 115 cm³/mol. The third-order valence-corrected chi connectivity index (χ3v) is 4.91. The van der Waals surface area contributed by atoms with Crippen LogP contribution in [0, 0.1) is 0 Å². The summed E-state index contributed by atoms with van der Waals surface area (Å²) in [5.74, 6) is 1.87. The molecule has 0 aliphatic carbocycles. The Morgan fingerprint density at radius 3 is 2.73 bits per heavy atom. The third kappa shape index (κ3) is 3.89. The average molecular weight is 404 g/mol. The van der Waals surface area contributed by atoms with Crippen LogP contribution in [0.5, 0.6) is 11.5 Å². The van der Waals surface area contributed by atoms with Gasteiger partial charge in [0.25, 0.3) is 5.91 Å². The smallest absolute Gasteiger partial charge is 0.258 e. The number of carbonyl (C=O) groups is 1. The van der Waals surface area contributed by atoms with Crippen molar-refractivity contribution in [1.82, 2.24) is 4.90 Å². The lowest BCUT2D eigenvalue weighted by Crippen LogP contribution is -2.42. The van der Waals surface area contributed by atoms with Crippen molar-refractivity contribution in [2.75, 3.05) is 19.0 Å². The fraction of sp³-hybridized carbons (Fsp3) is 0.208. The number of nitrogens with one attached hydrogen (secondary N) is 1. The molecule has 0 radical (unpaired) electrons. The molecule has 1 aromatic heterocycles. The Kier molecular flexibility index (Phi) is 5.48. The second kappa shape index (κ2) is 8.37. The number of fused-ring (bicyclic) bond motifs is 1. The maximum Gasteiger partial charge on any atom is 0.258 e. The summed E-state index contributed by atoms with van der Waals surface area (Å²) in [6, 6.07) is 16.9. The normalized spacial score (nSPS) is 15.3. The number of hydrogen-bond acceptors (Lipinski definition) is 5. The van der Waals surface area contributed by atoms with Gasteiger partial charge in [-0.25, -0.2) is 0 Å². The van der Waals surface area contributed by atoms with E-state index < -0.39 is 0 Å². The Bertz CT molecular complexity index is 1060. The summed E-state index contributed by atoms with van der Waals surface area (Å²) in [7, 11) is 1.60. The number of hydrogen-bond donors (Lipinski definition) is 1. The Morgan fingerprint density at radius 2 is 2.00 bits per heavy atom. The van der Waals surface area contributed by atoms with Crippen LogP contribution in [-0.4, -0.2) is 24.5 Å². The second-order valence-corrected chi connectivity index (χ2v) is 7.26. The molecule has 1 aliphatic rings. The summed E-state index contributed by atoms with van der Waals surface area (Å²) in [5.41, 5.74) is 3.23. The molecule has 0 spiro atoms. The quantitative estimate of drug-likeness (QED) is 0.561. The number of anilines is 1. The van der Waals surface area contributed by atoms with Crippen molar-refractivity contribution in [2.24, 2.45) is 0 Å². The molecule has 6 heteroatoms. The van der Waals surface area contributed by atoms with Crippen LogP contribution in [-0.2, 0) is 6.54 Å². The lowest BCUT2D eigenvalue weighted by Gasteiger charge is -2.37. The van der Waals surface area contributed by atoms with Gasteiger partial charge in [-0.1, -0.05) is 24.8 Å². The molecule has 0 bridgehead atoms. The molecule has 1 aliphatic heterocycles. The lowest BCUT2D eigenvalue weighted by molar-refractivity contribution is 0.0651. The molecule has 0 fully saturated rings. The largest absolute Gasteiger partial charge is 0.493 e. The minimum absolute atomic E-state index is 0.0627. The van der Waals surface area contributed by atoms with Crippen LogP contribution in [0.2, 0.25) is 0 Å². The van der Waals surface area contributed by atoms with E-state index in [9.17, 15) is 4.79 Å². The summed E-state index contributed by atoms with van der Waals surface area (Å²) in [6.45, 7) is 6.52. The van der Waals surface area contributed by atoms with Crippen LogP contribution < -0.4 is 14.8 Å². The van der Waals surface area contributed by atoms with Crippen molar-refractivity contribution < 1.29 is 18.7 Å². The van der Waals surface area contributed by atoms with Gasteiger partial charge < -0.3 is 24.1 Å². The highest BCUT2D eigenvalue weighted by atomic mass is 16.5. The van der Waals surface area contributed by atoms with Gasteiger partial charge in [0.05, 0.1) is 25.5 Å². The fourth-order valence-corrected chi connectivity index (χ4v) is 3.46. The topological polar surface area (TPSA) is 63.9 Å². The van der Waals surface area contributed by atoms with E-state index in [4.69, 9.17) is 13.9 Å². The molecule has 6 nitrogen and oxygen atoms in total. The van der Waals surface area contributed by atoms with Crippen molar-refractivity contribution in [3.63, 3.8) is 0 Å². The minimum Gasteiger partial charge on any atom is -0.493 e. The first kappa shape index (κ1) is 19.6. The third-order valence-electron chi connectivity index (χ3n) is 4.91. The summed E-state index contributed by atoms with van der Waals surface area (Å²) in [4.78, 5) is 15.1. The minimum atomic E-state index is -0.387. The van der Waals surface area contributed by atoms with Crippen LogP contribution in [0.25, 0.3) is 0 Å². The molecule has 0 saturated heterocycles. The van der Waals surface area contributed by atoms with Crippen LogP contribution in [0.1, 0.15) is 34.8 Å². The molecule has 2 aromatic carbocycles. The van der Waals surface area contributed by atoms with Crippen molar-refractivity contribution in [2.45, 2.75) is 19.6 Å². The highest BCUT2D eigenvalue weighted by Crippen LogP contribution is 2.37. The number of benzene rings is 2. The first-order chi connectivity index (χ1) is 14.6. The van der Waals surface area contributed by atoms with E-state index in [1.165, 1.54) is 0 Å². The van der Waals surface area contributed by atoms with E-state index in [-0.39, 0.29) is 12.1 Å². The average Bonchev–Trinajstić information content (AvgIpc) is 3.27. The maximum atomic E-state index is 13.3. The highest BCUT2D eigenvalue weighted by Gasteiger charge is 2.33. The van der Waals surface area contributed by atoms with Crippen molar-refractivity contribution in [3.8, 4) is 11.5 Å². The number of furan rings is 1. The van der Waals surface area contributed by atoms with E-state index in [0.29, 0.717) is 36.0 Å². The first-order valence-electron chi connectivity index (χ1n) is 9.71. The molecule has 1 N–H and O–H groups in total. The Balaban J connectivity index is 1.71. The van der Waals surface area contributed by atoms with Crippen LogP contribution >= 0.6 is 0 Å². The fourth-order valence-electron chi connectivity index (χ4n) is 3.46. The summed E-state index contributed by atoms with van der Waals surface area (Å²) in [5, 5.41) is 3.48. The van der Waals surface area contributed by atoms with Crippen molar-refractivity contribution >= 4 is 11.6 Å². The van der Waals surface area contributed by atoms with Crippen molar-refractivity contribution in [3.05, 3.63) is 89.9 Å². The lowest BCUT2D eigenvalue weighted by atomic mass is 10.0. The standard InChI is InChI=1S/C24H24N2O4/c1-16(2)15-30-21-11-10-17(13-22(21)28-3)23-25-20-9-5-4-8-19(20)24(27)26(23)14-18-7-6-12-29-18/h4-13,23,25H,1,14-15H2,2-3H3. The van der Waals surface area contributed by atoms with Gasteiger partial charge in [-0.3, -0.25) is 4.79 Å². The van der Waals surface area contributed by atoms with Gasteiger partial charge in [0.15, 0.2) is 11.5 Å². The van der Waals surface area contributed by atoms with Gasteiger partial charge in [0, 0.05) is 5.69 Å². The zero-order valence-electron chi connectivity index (χ0n) is 17.1. The Labute approximate surface area is 175 Å². The summed E-state index contributed by atoms with van der Waals surface area (Å²) < 4.78 is 16.8. The van der Waals surface area contributed by atoms with E-state index in [1.807, 2.05) is 61.5 Å². The molecule has 1 unspecified atom stereocenters. The molecule has 4 rings (SSSR count). The molecular weight excluding hydrogens is 380 g/mol. The molecule has 2 heterocycles. The predicted octanol–water partition coefficient (Wildman–Crippen LogP) is 5.01. The molecule has 30 heavy (non-hydrogen) atoms. The number of rotatable bonds is 7. The maximum absolute atomic E-state index is 13.3. The van der Waals surface area contributed by atoms with Crippen LogP contribution in [0.4, 0.5) is 5.69 Å². The SMILES string of the molecule is C=C(C)COc1ccc(C2Nc3ccccc3C(=O)N2Cc2ccco2)cc1OC. The van der Waals surface area contributed by atoms with Gasteiger partial charge in [-0.05, 0) is 54.5 Å². The van der Waals surface area contributed by atoms with E-state index in [0.717, 1.165) is 16.8 Å². The zero-order chi connectivity index (χ0) is 21.1. The van der Waals surface area contributed by atoms with E-state index in [2.05, 4.69) is 11.9 Å². The van der Waals surface area contributed by atoms with Gasteiger partial charge >= 0.3 is 0 Å². The first-order valence-corrected chi connectivity index (χ1v) is 9.71. The highest BCUT2D eigenvalue weighted by molar-refractivity contribution is 6.01. The van der Waals surface area contributed by atoms with Crippen molar-refractivity contribution in [1.29, 1.82) is 0 Å². The van der Waals surface area contributed by atoms with Gasteiger partial charge in [-0.2, -0.15) is 0 Å².